The predicted octanol–water partition coefficient (Wildman–Crippen LogP) is 1.73. The molecule has 0 spiro atoms. The zero-order chi connectivity index (χ0) is 13.4. The van der Waals surface area contributed by atoms with Crippen molar-refractivity contribution in [3.05, 3.63) is 39.3 Å². The Hall–Kier alpha value is -1.88. The summed E-state index contributed by atoms with van der Waals surface area (Å²) in [5.74, 6) is 0.562. The molecule has 2 aromatic rings. The molecule has 0 saturated carbocycles. The van der Waals surface area contributed by atoms with Crippen molar-refractivity contribution in [3.63, 3.8) is 0 Å². The fourth-order valence-electron chi connectivity index (χ4n) is 1.81. The molecule has 0 aliphatic rings. The number of halogens is 1. The summed E-state index contributed by atoms with van der Waals surface area (Å²) in [5.41, 5.74) is 7.07. The Morgan fingerprint density at radius 3 is 2.50 bits per heavy atom. The molecule has 0 unspecified atom stereocenters. The molecule has 18 heavy (non-hydrogen) atoms. The lowest BCUT2D eigenvalue weighted by molar-refractivity contribution is 0.415. The smallest absolute Gasteiger partial charge is 0.294 e. The van der Waals surface area contributed by atoms with Gasteiger partial charge in [-0.25, -0.2) is 4.68 Å². The molecular formula is C12H14ClN3O2. The minimum Gasteiger partial charge on any atom is -0.495 e. The van der Waals surface area contributed by atoms with Crippen LogP contribution in [-0.2, 0) is 7.05 Å². The predicted molar refractivity (Wildman–Crippen MR) is 71.7 cm³/mol. The quantitative estimate of drug-likeness (QED) is 0.901. The second-order valence-corrected chi connectivity index (χ2v) is 4.37. The standard InChI is InChI=1S/C12H14ClN3O2/c1-7-11(14)12(17)16(15(7)2)8-4-5-10(18-3)9(13)6-8/h4-6H,14H2,1-3H3. The number of nitrogen functional groups attached to an aromatic ring is 1. The number of nitrogens with zero attached hydrogens (tertiary/aromatic N) is 2. The van der Waals surface area contributed by atoms with Crippen LogP contribution in [0.25, 0.3) is 5.69 Å². The minimum absolute atomic E-state index is 0.240. The van der Waals surface area contributed by atoms with Crippen LogP contribution in [0.1, 0.15) is 5.69 Å². The van der Waals surface area contributed by atoms with E-state index in [2.05, 4.69) is 0 Å². The highest BCUT2D eigenvalue weighted by atomic mass is 35.5. The van der Waals surface area contributed by atoms with Gasteiger partial charge in [-0.1, -0.05) is 11.6 Å². The Balaban J connectivity index is 2.67. The lowest BCUT2D eigenvalue weighted by Crippen LogP contribution is -2.20. The van der Waals surface area contributed by atoms with Gasteiger partial charge in [0.05, 0.1) is 23.5 Å². The molecule has 1 aromatic carbocycles. The van der Waals surface area contributed by atoms with Gasteiger partial charge in [-0.05, 0) is 25.1 Å². The largest absolute Gasteiger partial charge is 0.495 e. The number of benzene rings is 1. The maximum Gasteiger partial charge on any atom is 0.294 e. The second-order valence-electron chi connectivity index (χ2n) is 3.96. The first-order chi connectivity index (χ1) is 8.47. The van der Waals surface area contributed by atoms with Crippen LogP contribution in [0.15, 0.2) is 23.0 Å². The normalized spacial score (nSPS) is 10.7. The van der Waals surface area contributed by atoms with E-state index in [1.165, 1.54) is 11.8 Å². The molecular weight excluding hydrogens is 254 g/mol. The van der Waals surface area contributed by atoms with Crippen LogP contribution in [0.2, 0.25) is 5.02 Å². The molecule has 0 aliphatic carbocycles. The fourth-order valence-corrected chi connectivity index (χ4v) is 2.06. The van der Waals surface area contributed by atoms with Gasteiger partial charge < -0.3 is 10.5 Å². The summed E-state index contributed by atoms with van der Waals surface area (Å²) in [5, 5.41) is 0.444. The maximum absolute atomic E-state index is 12.0. The van der Waals surface area contributed by atoms with E-state index in [9.17, 15) is 4.79 Å². The number of hydrogen-bond acceptors (Lipinski definition) is 3. The third-order valence-corrected chi connectivity index (χ3v) is 3.27. The third kappa shape index (κ3) is 1.76. The van der Waals surface area contributed by atoms with Crippen molar-refractivity contribution >= 4 is 17.3 Å². The minimum atomic E-state index is -0.253. The van der Waals surface area contributed by atoms with E-state index in [0.717, 1.165) is 0 Å². The molecule has 0 fully saturated rings. The molecule has 0 amide bonds. The first-order valence-corrected chi connectivity index (χ1v) is 5.73. The van der Waals surface area contributed by atoms with Gasteiger partial charge in [-0.15, -0.1) is 0 Å². The van der Waals surface area contributed by atoms with Crippen LogP contribution in [-0.4, -0.2) is 16.5 Å². The molecule has 0 saturated heterocycles. The van der Waals surface area contributed by atoms with Crippen molar-refractivity contribution in [2.24, 2.45) is 7.05 Å². The van der Waals surface area contributed by atoms with E-state index >= 15 is 0 Å². The fraction of sp³-hybridized carbons (Fsp3) is 0.250. The van der Waals surface area contributed by atoms with Gasteiger partial charge in [0, 0.05) is 7.05 Å². The Morgan fingerprint density at radius 2 is 2.06 bits per heavy atom. The lowest BCUT2D eigenvalue weighted by atomic mass is 10.3. The number of methoxy groups -OCH3 is 1. The summed E-state index contributed by atoms with van der Waals surface area (Å²) in [4.78, 5) is 12.0. The topological polar surface area (TPSA) is 62.2 Å². The van der Waals surface area contributed by atoms with E-state index in [1.54, 1.807) is 36.9 Å². The van der Waals surface area contributed by atoms with Gasteiger partial charge in [0.25, 0.3) is 5.56 Å². The number of ether oxygens (including phenoxy) is 1. The van der Waals surface area contributed by atoms with Gasteiger partial charge in [0.15, 0.2) is 0 Å². The molecule has 0 radical (unpaired) electrons. The van der Waals surface area contributed by atoms with E-state index < -0.39 is 0 Å². The van der Waals surface area contributed by atoms with Crippen molar-refractivity contribution in [1.29, 1.82) is 0 Å². The van der Waals surface area contributed by atoms with Gasteiger partial charge in [0.2, 0.25) is 0 Å². The molecule has 1 aromatic heterocycles. The van der Waals surface area contributed by atoms with Gasteiger partial charge in [-0.3, -0.25) is 9.48 Å². The number of nitrogens with two attached hydrogens (primary N) is 1. The first kappa shape index (κ1) is 12.6. The van der Waals surface area contributed by atoms with Crippen molar-refractivity contribution < 1.29 is 4.74 Å². The van der Waals surface area contributed by atoms with Crippen molar-refractivity contribution in [2.75, 3.05) is 12.8 Å². The summed E-state index contributed by atoms with van der Waals surface area (Å²) < 4.78 is 8.23. The highest BCUT2D eigenvalue weighted by Crippen LogP contribution is 2.26. The summed E-state index contributed by atoms with van der Waals surface area (Å²) in [6.45, 7) is 1.79. The van der Waals surface area contributed by atoms with Crippen molar-refractivity contribution in [3.8, 4) is 11.4 Å². The number of anilines is 1. The highest BCUT2D eigenvalue weighted by Gasteiger charge is 2.14. The van der Waals surface area contributed by atoms with Gasteiger partial charge >= 0.3 is 0 Å². The van der Waals surface area contributed by atoms with Crippen LogP contribution < -0.4 is 16.0 Å². The Kier molecular flexibility index (Phi) is 3.09. The summed E-state index contributed by atoms with van der Waals surface area (Å²) in [6.07, 6.45) is 0. The number of rotatable bonds is 2. The summed E-state index contributed by atoms with van der Waals surface area (Å²) in [6, 6.07) is 5.13. The van der Waals surface area contributed by atoms with Gasteiger partial charge in [0.1, 0.15) is 11.4 Å². The second kappa shape index (κ2) is 4.42. The molecule has 1 heterocycles. The van der Waals surface area contributed by atoms with Crippen LogP contribution in [0.3, 0.4) is 0 Å². The third-order valence-electron chi connectivity index (χ3n) is 2.98. The van der Waals surface area contributed by atoms with Crippen LogP contribution in [0.5, 0.6) is 5.75 Å². The highest BCUT2D eigenvalue weighted by molar-refractivity contribution is 6.32. The maximum atomic E-state index is 12.0. The Morgan fingerprint density at radius 1 is 1.39 bits per heavy atom. The van der Waals surface area contributed by atoms with Gasteiger partial charge in [-0.2, -0.15) is 0 Å². The number of hydrogen-bond donors (Lipinski definition) is 1. The molecule has 96 valence electrons. The molecule has 2 N–H and O–H groups in total. The first-order valence-electron chi connectivity index (χ1n) is 5.35. The molecule has 5 nitrogen and oxygen atoms in total. The lowest BCUT2D eigenvalue weighted by Gasteiger charge is -2.10. The van der Waals surface area contributed by atoms with E-state index in [-0.39, 0.29) is 11.2 Å². The monoisotopic (exact) mass is 267 g/mol. The molecule has 0 bridgehead atoms. The zero-order valence-corrected chi connectivity index (χ0v) is 11.2. The number of aromatic nitrogens is 2. The van der Waals surface area contributed by atoms with E-state index in [1.807, 2.05) is 0 Å². The molecule has 2 rings (SSSR count). The average molecular weight is 268 g/mol. The van der Waals surface area contributed by atoms with Crippen molar-refractivity contribution in [1.82, 2.24) is 9.36 Å². The Labute approximate surface area is 109 Å². The van der Waals surface area contributed by atoms with Crippen LogP contribution in [0, 0.1) is 6.92 Å². The van der Waals surface area contributed by atoms with E-state index in [0.29, 0.717) is 22.2 Å². The summed E-state index contributed by atoms with van der Waals surface area (Å²) >= 11 is 6.05. The van der Waals surface area contributed by atoms with Crippen LogP contribution in [0.4, 0.5) is 5.69 Å². The molecule has 6 heteroatoms. The zero-order valence-electron chi connectivity index (χ0n) is 10.4. The molecule has 0 atom stereocenters. The summed E-state index contributed by atoms with van der Waals surface area (Å²) in [7, 11) is 3.31. The van der Waals surface area contributed by atoms with Crippen LogP contribution >= 0.6 is 11.6 Å². The molecule has 0 aliphatic heterocycles. The van der Waals surface area contributed by atoms with Crippen molar-refractivity contribution in [2.45, 2.75) is 6.92 Å². The van der Waals surface area contributed by atoms with E-state index in [4.69, 9.17) is 22.1 Å². The average Bonchev–Trinajstić information content (AvgIpc) is 2.54. The SMILES string of the molecule is COc1ccc(-n2c(=O)c(N)c(C)n2C)cc1Cl. The Bertz CT molecular complexity index is 658.